The zero-order valence-corrected chi connectivity index (χ0v) is 12.3. The maximum atomic E-state index is 13.0. The molecule has 0 fully saturated rings. The number of aromatic hydroxyl groups is 2. The van der Waals surface area contributed by atoms with Gasteiger partial charge < -0.3 is 15.5 Å². The van der Waals surface area contributed by atoms with E-state index in [1.165, 1.54) is 24.3 Å². The maximum absolute atomic E-state index is 13.0. The predicted octanol–water partition coefficient (Wildman–Crippen LogP) is 4.01. The molecule has 2 aromatic carbocycles. The highest BCUT2D eigenvalue weighted by Gasteiger charge is 2.12. The number of anilines is 1. The highest BCUT2D eigenvalue weighted by molar-refractivity contribution is 14.1. The first-order valence-corrected chi connectivity index (χ1v) is 6.78. The summed E-state index contributed by atoms with van der Waals surface area (Å²) in [4.78, 5) is 0. The van der Waals surface area contributed by atoms with Crippen molar-refractivity contribution in [3.05, 3.63) is 51.3 Å². The smallest absolute Gasteiger partial charge is 0.124 e. The van der Waals surface area contributed by atoms with E-state index in [2.05, 4.69) is 5.32 Å². The van der Waals surface area contributed by atoms with Crippen LogP contribution < -0.4 is 5.32 Å². The van der Waals surface area contributed by atoms with Crippen molar-refractivity contribution >= 4 is 28.3 Å². The lowest BCUT2D eigenvalue weighted by Gasteiger charge is -2.18. The summed E-state index contributed by atoms with van der Waals surface area (Å²) in [6.07, 6.45) is 0. The topological polar surface area (TPSA) is 52.5 Å². The lowest BCUT2D eigenvalue weighted by Crippen LogP contribution is -2.08. The van der Waals surface area contributed by atoms with Crippen LogP contribution in [0.3, 0.4) is 0 Å². The van der Waals surface area contributed by atoms with Crippen LogP contribution in [-0.2, 0) is 0 Å². The van der Waals surface area contributed by atoms with Gasteiger partial charge in [0, 0.05) is 20.9 Å². The van der Waals surface area contributed by atoms with E-state index >= 15 is 0 Å². The molecule has 0 saturated carbocycles. The zero-order valence-electron chi connectivity index (χ0n) is 10.2. The molecule has 3 nitrogen and oxygen atoms in total. The Balaban J connectivity index is 2.23. The summed E-state index contributed by atoms with van der Waals surface area (Å²) in [6.45, 7) is 1.88. The Hall–Kier alpha value is -1.50. The van der Waals surface area contributed by atoms with Gasteiger partial charge in [-0.1, -0.05) is 0 Å². The Morgan fingerprint density at radius 1 is 1.16 bits per heavy atom. The highest BCUT2D eigenvalue weighted by Crippen LogP contribution is 2.31. The van der Waals surface area contributed by atoms with Crippen molar-refractivity contribution in [2.24, 2.45) is 0 Å². The van der Waals surface area contributed by atoms with E-state index in [1.807, 2.05) is 29.5 Å². The summed E-state index contributed by atoms with van der Waals surface area (Å²) < 4.78 is 13.8. The summed E-state index contributed by atoms with van der Waals surface area (Å²) in [6, 6.07) is 8.77. The standard InChI is InChI=1S/C14H13FINO2/c1-8(11-4-3-10(18)7-14(11)19)17-13-5-2-9(15)6-12(13)16/h2-8,17-19H,1H3. The lowest BCUT2D eigenvalue weighted by molar-refractivity contribution is 0.444. The first-order chi connectivity index (χ1) is 8.97. The van der Waals surface area contributed by atoms with Gasteiger partial charge >= 0.3 is 0 Å². The maximum Gasteiger partial charge on any atom is 0.124 e. The molecule has 0 aliphatic heterocycles. The summed E-state index contributed by atoms with van der Waals surface area (Å²) in [5, 5.41) is 22.2. The summed E-state index contributed by atoms with van der Waals surface area (Å²) in [5.41, 5.74) is 1.46. The van der Waals surface area contributed by atoms with Crippen LogP contribution in [0.25, 0.3) is 0 Å². The van der Waals surface area contributed by atoms with E-state index in [0.29, 0.717) is 5.56 Å². The largest absolute Gasteiger partial charge is 0.508 e. The van der Waals surface area contributed by atoms with Crippen molar-refractivity contribution in [3.8, 4) is 11.5 Å². The van der Waals surface area contributed by atoms with Crippen LogP contribution in [0.1, 0.15) is 18.5 Å². The van der Waals surface area contributed by atoms with E-state index in [-0.39, 0.29) is 23.4 Å². The summed E-state index contributed by atoms with van der Waals surface area (Å²) >= 11 is 2.05. The monoisotopic (exact) mass is 373 g/mol. The van der Waals surface area contributed by atoms with E-state index in [9.17, 15) is 14.6 Å². The second-order valence-corrected chi connectivity index (χ2v) is 5.40. The molecule has 19 heavy (non-hydrogen) atoms. The number of phenolic OH excluding ortho intramolecular Hbond substituents is 2. The number of halogens is 2. The van der Waals surface area contributed by atoms with Gasteiger partial charge in [0.2, 0.25) is 0 Å². The molecule has 0 amide bonds. The quantitative estimate of drug-likeness (QED) is 0.713. The second-order valence-electron chi connectivity index (χ2n) is 4.23. The average Bonchev–Trinajstić information content (AvgIpc) is 2.32. The van der Waals surface area contributed by atoms with Gasteiger partial charge in [0.1, 0.15) is 17.3 Å². The van der Waals surface area contributed by atoms with Gasteiger partial charge in [0.05, 0.1) is 6.04 Å². The number of benzene rings is 2. The molecule has 0 radical (unpaired) electrons. The van der Waals surface area contributed by atoms with E-state index in [0.717, 1.165) is 9.26 Å². The van der Waals surface area contributed by atoms with Crippen LogP contribution in [-0.4, -0.2) is 10.2 Å². The van der Waals surface area contributed by atoms with Gasteiger partial charge in [0.25, 0.3) is 0 Å². The summed E-state index contributed by atoms with van der Waals surface area (Å²) in [5.74, 6) is -0.239. The van der Waals surface area contributed by atoms with Gasteiger partial charge in [-0.15, -0.1) is 0 Å². The molecule has 5 heteroatoms. The Bertz CT molecular complexity index is 604. The minimum atomic E-state index is -0.282. The summed E-state index contributed by atoms with van der Waals surface area (Å²) in [7, 11) is 0. The van der Waals surface area contributed by atoms with E-state index in [4.69, 9.17) is 0 Å². The molecule has 2 rings (SSSR count). The van der Waals surface area contributed by atoms with Crippen LogP contribution in [0.5, 0.6) is 11.5 Å². The molecule has 1 unspecified atom stereocenters. The number of hydrogen-bond acceptors (Lipinski definition) is 3. The van der Waals surface area contributed by atoms with Gasteiger partial charge in [-0.05, 0) is 59.8 Å². The Morgan fingerprint density at radius 2 is 1.89 bits per heavy atom. The average molecular weight is 373 g/mol. The number of phenols is 2. The van der Waals surface area contributed by atoms with Crippen LogP contribution in [0, 0.1) is 9.39 Å². The van der Waals surface area contributed by atoms with Gasteiger partial charge in [-0.25, -0.2) is 4.39 Å². The molecular weight excluding hydrogens is 360 g/mol. The Morgan fingerprint density at radius 3 is 2.53 bits per heavy atom. The minimum Gasteiger partial charge on any atom is -0.508 e. The molecule has 0 aliphatic carbocycles. The minimum absolute atomic E-state index is 0.0183. The highest BCUT2D eigenvalue weighted by atomic mass is 127. The molecule has 2 aromatic rings. The fraction of sp³-hybridized carbons (Fsp3) is 0.143. The Kier molecular flexibility index (Phi) is 4.14. The van der Waals surface area contributed by atoms with Crippen LogP contribution in [0.4, 0.5) is 10.1 Å². The van der Waals surface area contributed by atoms with Crippen molar-refractivity contribution in [1.29, 1.82) is 0 Å². The van der Waals surface area contributed by atoms with Crippen LogP contribution in [0.2, 0.25) is 0 Å². The van der Waals surface area contributed by atoms with Gasteiger partial charge in [0.15, 0.2) is 0 Å². The fourth-order valence-electron chi connectivity index (χ4n) is 1.82. The molecule has 0 bridgehead atoms. The lowest BCUT2D eigenvalue weighted by atomic mass is 10.1. The van der Waals surface area contributed by atoms with Gasteiger partial charge in [-0.2, -0.15) is 0 Å². The second kappa shape index (κ2) is 5.64. The predicted molar refractivity (Wildman–Crippen MR) is 80.9 cm³/mol. The number of nitrogens with one attached hydrogen (secondary N) is 1. The normalized spacial score (nSPS) is 12.2. The molecule has 0 spiro atoms. The zero-order chi connectivity index (χ0) is 14.0. The molecule has 3 N–H and O–H groups in total. The van der Waals surface area contributed by atoms with Crippen LogP contribution in [0.15, 0.2) is 36.4 Å². The molecule has 1 atom stereocenters. The van der Waals surface area contributed by atoms with Crippen molar-refractivity contribution in [1.82, 2.24) is 0 Å². The molecule has 0 saturated heterocycles. The Labute approximate surface area is 124 Å². The molecule has 0 heterocycles. The van der Waals surface area contributed by atoms with Crippen molar-refractivity contribution in [2.75, 3.05) is 5.32 Å². The molecule has 0 aromatic heterocycles. The number of rotatable bonds is 3. The molecule has 100 valence electrons. The SMILES string of the molecule is CC(Nc1ccc(F)cc1I)c1ccc(O)cc1O. The fourth-order valence-corrected chi connectivity index (χ4v) is 2.45. The third-order valence-corrected chi connectivity index (χ3v) is 3.68. The molecule has 0 aliphatic rings. The molecular formula is C14H13FINO2. The van der Waals surface area contributed by atoms with Gasteiger partial charge in [-0.3, -0.25) is 0 Å². The first kappa shape index (κ1) is 13.9. The van der Waals surface area contributed by atoms with Crippen molar-refractivity contribution in [3.63, 3.8) is 0 Å². The third-order valence-electron chi connectivity index (χ3n) is 2.78. The third kappa shape index (κ3) is 3.28. The van der Waals surface area contributed by atoms with Crippen molar-refractivity contribution < 1.29 is 14.6 Å². The van der Waals surface area contributed by atoms with Crippen LogP contribution >= 0.6 is 22.6 Å². The first-order valence-electron chi connectivity index (χ1n) is 5.71. The van der Waals surface area contributed by atoms with Crippen molar-refractivity contribution in [2.45, 2.75) is 13.0 Å². The van der Waals surface area contributed by atoms with E-state index < -0.39 is 0 Å². The van der Waals surface area contributed by atoms with E-state index in [1.54, 1.807) is 12.1 Å². The number of hydrogen-bond donors (Lipinski definition) is 3.